The van der Waals surface area contributed by atoms with Gasteiger partial charge >= 0.3 is 0 Å². The van der Waals surface area contributed by atoms with Gasteiger partial charge in [0.2, 0.25) is 0 Å². The lowest BCUT2D eigenvalue weighted by Gasteiger charge is -2.40. The van der Waals surface area contributed by atoms with Crippen LogP contribution in [0.1, 0.15) is 0 Å². The Hall–Kier alpha value is -1.94. The van der Waals surface area contributed by atoms with Gasteiger partial charge in [-0.25, -0.2) is 0 Å². The van der Waals surface area contributed by atoms with Crippen LogP contribution in [0.15, 0.2) is 10.6 Å². The Morgan fingerprint density at radius 2 is 1.89 bits per heavy atom. The van der Waals surface area contributed by atoms with Crippen LogP contribution >= 0.6 is 0 Å². The maximum atomic E-state index is 9.82. The molecule has 1 rings (SSSR count). The van der Waals surface area contributed by atoms with Crippen molar-refractivity contribution in [2.24, 2.45) is 10.6 Å². The van der Waals surface area contributed by atoms with Crippen molar-refractivity contribution in [2.75, 3.05) is 13.7 Å². The molecule has 19 heavy (non-hydrogen) atoms. The second-order valence-electron chi connectivity index (χ2n) is 3.47. The molecule has 1 aliphatic rings. The molecule has 12 nitrogen and oxygen atoms in total. The van der Waals surface area contributed by atoms with Crippen LogP contribution in [0.25, 0.3) is 20.9 Å². The van der Waals surface area contributed by atoms with Gasteiger partial charge in [0.25, 0.3) is 0 Å². The number of azide groups is 2. The lowest BCUT2D eigenvalue weighted by molar-refractivity contribution is -0.303. The van der Waals surface area contributed by atoms with Crippen LogP contribution in [0.4, 0.5) is 0 Å². The highest BCUT2D eigenvalue weighted by molar-refractivity contribution is 4.90. The van der Waals surface area contributed by atoms with Crippen LogP contribution in [0.5, 0.6) is 0 Å². The Kier molecular flexibility index (Phi) is 5.96. The van der Waals surface area contributed by atoms with Gasteiger partial charge in [0.05, 0.1) is 0 Å². The van der Waals surface area contributed by atoms with Crippen LogP contribution in [-0.4, -0.2) is 54.6 Å². The number of methoxy groups -OCH3 is 1. The highest BCUT2D eigenvalue weighted by Gasteiger charge is 2.46. The Labute approximate surface area is 106 Å². The zero-order valence-electron chi connectivity index (χ0n) is 9.80. The van der Waals surface area contributed by atoms with Gasteiger partial charge in [-0.2, -0.15) is 0 Å². The van der Waals surface area contributed by atoms with E-state index in [9.17, 15) is 10.2 Å². The van der Waals surface area contributed by atoms with Crippen LogP contribution in [-0.2, 0) is 19.1 Å². The van der Waals surface area contributed by atoms with Gasteiger partial charge in [0.1, 0.15) is 35.5 Å². The van der Waals surface area contributed by atoms with Gasteiger partial charge < -0.3 is 29.4 Å². The van der Waals surface area contributed by atoms with Gasteiger partial charge in [-0.1, -0.05) is 0 Å². The molecule has 0 radical (unpaired) electrons. The lowest BCUT2D eigenvalue weighted by atomic mass is 9.99. The Morgan fingerprint density at radius 1 is 1.21 bits per heavy atom. The third kappa shape index (κ3) is 3.76. The first-order valence-corrected chi connectivity index (χ1v) is 5.06. The van der Waals surface area contributed by atoms with Crippen molar-refractivity contribution in [1.29, 1.82) is 0 Å². The van der Waals surface area contributed by atoms with Gasteiger partial charge in [-0.15, -0.1) is 0 Å². The number of hydrogen-bond acceptors (Lipinski definition) is 8. The molecule has 0 amide bonds. The molecule has 2 N–H and O–H groups in total. The predicted octanol–water partition coefficient (Wildman–Crippen LogP) is -0.0681. The second kappa shape index (κ2) is 7.48. The number of nitrogens with zero attached hydrogens (tertiary/aromatic N) is 6. The molecule has 1 fully saturated rings. The van der Waals surface area contributed by atoms with E-state index >= 15 is 0 Å². The topological polar surface area (TPSA) is 175 Å². The van der Waals surface area contributed by atoms with Gasteiger partial charge in [0, 0.05) is 16.9 Å². The highest BCUT2D eigenvalue weighted by atomic mass is 16.7. The first-order valence-electron chi connectivity index (χ1n) is 5.06. The molecular formula is C7H12N6O6. The third-order valence-electron chi connectivity index (χ3n) is 2.41. The molecule has 0 spiro atoms. The van der Waals surface area contributed by atoms with E-state index in [1.807, 2.05) is 0 Å². The molecule has 1 saturated heterocycles. The fourth-order valence-electron chi connectivity index (χ4n) is 1.57. The van der Waals surface area contributed by atoms with Crippen molar-refractivity contribution in [2.45, 2.75) is 30.7 Å². The molecule has 0 bridgehead atoms. The number of hydrogen-bond donors (Lipinski definition) is 2. The predicted molar refractivity (Wildman–Crippen MR) is 56.8 cm³/mol. The number of ether oxygens (including phenoxy) is 2. The summed E-state index contributed by atoms with van der Waals surface area (Å²) in [5.74, 6) is 0. The van der Waals surface area contributed by atoms with E-state index in [0.717, 1.165) is 0 Å². The van der Waals surface area contributed by atoms with Crippen molar-refractivity contribution in [1.82, 2.24) is 0 Å². The molecule has 0 aliphatic carbocycles. The molecule has 1 aliphatic heterocycles. The normalized spacial score (nSPS) is 33.7. The van der Waals surface area contributed by atoms with E-state index in [4.69, 9.17) is 20.5 Å². The third-order valence-corrected chi connectivity index (χ3v) is 2.41. The summed E-state index contributed by atoms with van der Waals surface area (Å²) in [6, 6.07) is 0. The molecule has 12 heteroatoms. The molecule has 106 valence electrons. The summed E-state index contributed by atoms with van der Waals surface area (Å²) < 4.78 is 10.0. The van der Waals surface area contributed by atoms with E-state index < -0.39 is 30.7 Å². The van der Waals surface area contributed by atoms with E-state index in [-0.39, 0.29) is 6.61 Å². The van der Waals surface area contributed by atoms with Crippen molar-refractivity contribution < 1.29 is 29.4 Å². The van der Waals surface area contributed by atoms with Crippen LogP contribution in [0, 0.1) is 0 Å². The van der Waals surface area contributed by atoms with Crippen molar-refractivity contribution in [3.05, 3.63) is 20.9 Å². The van der Waals surface area contributed by atoms with Gasteiger partial charge in [-0.3, -0.25) is 0 Å². The van der Waals surface area contributed by atoms with Crippen molar-refractivity contribution >= 4 is 0 Å². The quantitative estimate of drug-likeness (QED) is 0.297. The number of aliphatic hydroxyl groups is 2. The lowest BCUT2D eigenvalue weighted by Crippen LogP contribution is -2.59. The smallest absolute Gasteiger partial charge is 0.186 e. The van der Waals surface area contributed by atoms with E-state index in [1.165, 1.54) is 7.11 Å². The fourth-order valence-corrected chi connectivity index (χ4v) is 1.57. The Balaban J connectivity index is 2.79. The summed E-state index contributed by atoms with van der Waals surface area (Å²) in [6.45, 7) is -0.292. The summed E-state index contributed by atoms with van der Waals surface area (Å²) in [5, 5.41) is 25.1. The maximum absolute atomic E-state index is 9.82. The number of aliphatic hydroxyl groups excluding tert-OH is 2. The Bertz CT molecular complexity index is 382. The van der Waals surface area contributed by atoms with E-state index in [2.05, 4.69) is 30.1 Å². The first-order chi connectivity index (χ1) is 9.15. The average molecular weight is 276 g/mol. The molecule has 0 saturated carbocycles. The van der Waals surface area contributed by atoms with E-state index in [0.29, 0.717) is 0 Å². The van der Waals surface area contributed by atoms with Gasteiger partial charge in [-0.05, 0) is 11.1 Å². The highest BCUT2D eigenvalue weighted by Crippen LogP contribution is 2.24. The molecule has 1 heterocycles. The Morgan fingerprint density at radius 3 is 2.47 bits per heavy atom. The monoisotopic (exact) mass is 276 g/mol. The number of rotatable bonds is 6. The zero-order chi connectivity index (χ0) is 14.3. The molecular weight excluding hydrogens is 264 g/mol. The minimum Gasteiger partial charge on any atom is -0.431 e. The minimum absolute atomic E-state index is 0.292. The molecule has 0 aromatic carbocycles. The molecule has 0 unspecified atom stereocenters. The molecule has 0 aromatic rings. The summed E-state index contributed by atoms with van der Waals surface area (Å²) in [4.78, 5) is 13.9. The summed E-state index contributed by atoms with van der Waals surface area (Å²) in [6.07, 6.45) is -6.14. The summed E-state index contributed by atoms with van der Waals surface area (Å²) in [7, 11) is 1.26. The standard InChI is InChI=1S/C7H12N6O6/c1-16-7-5(15)4(14)6(19-13-11-9)3(18-7)2-17-12-10-8/h3-7,14-15H,2H2,1H3/t3-,4-,5-,6+,7+/m1/s1. The summed E-state index contributed by atoms with van der Waals surface area (Å²) >= 11 is 0. The van der Waals surface area contributed by atoms with Crippen molar-refractivity contribution in [3.63, 3.8) is 0 Å². The zero-order valence-corrected chi connectivity index (χ0v) is 9.80. The van der Waals surface area contributed by atoms with Crippen LogP contribution in [0.2, 0.25) is 0 Å². The first kappa shape index (κ1) is 15.1. The minimum atomic E-state index is -1.44. The fraction of sp³-hybridized carbons (Fsp3) is 1.00. The maximum Gasteiger partial charge on any atom is 0.186 e. The van der Waals surface area contributed by atoms with Crippen molar-refractivity contribution in [3.8, 4) is 0 Å². The molecule has 0 aromatic heterocycles. The van der Waals surface area contributed by atoms with E-state index in [1.54, 1.807) is 0 Å². The largest absolute Gasteiger partial charge is 0.431 e. The second-order valence-corrected chi connectivity index (χ2v) is 3.47. The summed E-state index contributed by atoms with van der Waals surface area (Å²) in [5.41, 5.74) is 16.2. The SMILES string of the molecule is CO[C@H]1O[C@H](CON=[N+]=[N-])[C@H](ON=[N+]=[N-])[C@H](O)[C@H]1O. The van der Waals surface area contributed by atoms with Crippen LogP contribution in [0.3, 0.4) is 0 Å². The van der Waals surface area contributed by atoms with Gasteiger partial charge in [0.15, 0.2) is 12.4 Å². The molecule has 5 atom stereocenters. The average Bonchev–Trinajstić information content (AvgIpc) is 2.42. The van der Waals surface area contributed by atoms with Crippen LogP contribution < -0.4 is 0 Å².